The van der Waals surface area contributed by atoms with Crippen LogP contribution in [0.1, 0.15) is 39.0 Å². The highest BCUT2D eigenvalue weighted by molar-refractivity contribution is 5.43. The molecule has 4 nitrogen and oxygen atoms in total. The molecule has 1 saturated heterocycles. The summed E-state index contributed by atoms with van der Waals surface area (Å²) in [5.74, 6) is 1.16. The summed E-state index contributed by atoms with van der Waals surface area (Å²) in [5.41, 5.74) is 2.55. The Morgan fingerprint density at radius 2 is 2.05 bits per heavy atom. The predicted octanol–water partition coefficient (Wildman–Crippen LogP) is 2.28. The van der Waals surface area contributed by atoms with E-state index in [1.807, 2.05) is 0 Å². The molecule has 21 heavy (non-hydrogen) atoms. The Balaban J connectivity index is 2.14. The van der Waals surface area contributed by atoms with Gasteiger partial charge >= 0.3 is 0 Å². The predicted molar refractivity (Wildman–Crippen MR) is 89.9 cm³/mol. The molecule has 118 valence electrons. The fourth-order valence-corrected chi connectivity index (χ4v) is 3.02. The second kappa shape index (κ2) is 7.76. The van der Waals surface area contributed by atoms with Crippen LogP contribution in [0, 0.1) is 0 Å². The van der Waals surface area contributed by atoms with Gasteiger partial charge in [0.05, 0.1) is 0 Å². The van der Waals surface area contributed by atoms with Gasteiger partial charge in [0.15, 0.2) is 0 Å². The van der Waals surface area contributed by atoms with Gasteiger partial charge in [-0.3, -0.25) is 4.90 Å². The van der Waals surface area contributed by atoms with Gasteiger partial charge in [0.25, 0.3) is 0 Å². The van der Waals surface area contributed by atoms with E-state index in [9.17, 15) is 0 Å². The molecule has 1 N–H and O–H groups in total. The quantitative estimate of drug-likeness (QED) is 0.871. The Hall–Kier alpha value is -1.13. The fraction of sp³-hybridized carbons (Fsp3) is 0.706. The average Bonchev–Trinajstić information content (AvgIpc) is 2.52. The van der Waals surface area contributed by atoms with Crippen molar-refractivity contribution in [1.82, 2.24) is 15.2 Å². The Morgan fingerprint density at radius 3 is 2.67 bits per heavy atom. The van der Waals surface area contributed by atoms with Crippen molar-refractivity contribution in [2.75, 3.05) is 37.6 Å². The third kappa shape index (κ3) is 4.17. The van der Waals surface area contributed by atoms with Crippen molar-refractivity contribution < 1.29 is 0 Å². The first kappa shape index (κ1) is 16.2. The lowest BCUT2D eigenvalue weighted by molar-refractivity contribution is 0.199. The van der Waals surface area contributed by atoms with Gasteiger partial charge in [-0.05, 0) is 44.1 Å². The second-order valence-electron chi connectivity index (χ2n) is 5.88. The van der Waals surface area contributed by atoms with Crippen LogP contribution >= 0.6 is 0 Å². The molecule has 4 heteroatoms. The summed E-state index contributed by atoms with van der Waals surface area (Å²) >= 11 is 0. The third-order valence-electron chi connectivity index (χ3n) is 4.36. The van der Waals surface area contributed by atoms with Gasteiger partial charge in [-0.15, -0.1) is 0 Å². The number of piperazine rings is 1. The van der Waals surface area contributed by atoms with Gasteiger partial charge in [-0.25, -0.2) is 4.98 Å². The first-order chi connectivity index (χ1) is 10.2. The van der Waals surface area contributed by atoms with Crippen molar-refractivity contribution in [3.63, 3.8) is 0 Å². The number of nitrogens with one attached hydrogen (secondary N) is 1. The van der Waals surface area contributed by atoms with Crippen LogP contribution in [0.5, 0.6) is 0 Å². The number of anilines is 1. The molecule has 1 atom stereocenters. The molecule has 1 aliphatic heterocycles. The Labute approximate surface area is 129 Å². The van der Waals surface area contributed by atoms with E-state index < -0.39 is 0 Å². The second-order valence-corrected chi connectivity index (χ2v) is 5.88. The van der Waals surface area contributed by atoms with E-state index in [1.54, 1.807) is 0 Å². The Kier molecular flexibility index (Phi) is 6.00. The molecule has 0 aliphatic carbocycles. The molecule has 1 aliphatic rings. The number of pyridine rings is 1. The largest absolute Gasteiger partial charge is 0.354 e. The number of nitrogens with zero attached hydrogens (tertiary/aromatic N) is 3. The lowest BCUT2D eigenvalue weighted by Crippen LogP contribution is -2.52. The summed E-state index contributed by atoms with van der Waals surface area (Å²) in [6.07, 6.45) is 0.997. The smallest absolute Gasteiger partial charge is 0.129 e. The number of aromatic nitrogens is 1. The SMILES string of the molecule is CCNCc1cc(CC)nc(N2CCN(CC)C(C)C2)c1. The molecule has 2 heterocycles. The molecule has 0 amide bonds. The lowest BCUT2D eigenvalue weighted by Gasteiger charge is -2.40. The summed E-state index contributed by atoms with van der Waals surface area (Å²) in [5, 5.41) is 3.42. The van der Waals surface area contributed by atoms with Gasteiger partial charge in [-0.2, -0.15) is 0 Å². The molecule has 1 fully saturated rings. The minimum absolute atomic E-state index is 0.605. The molecule has 2 rings (SSSR count). The minimum atomic E-state index is 0.605. The Bertz CT molecular complexity index is 446. The van der Waals surface area contributed by atoms with Crippen LogP contribution < -0.4 is 10.2 Å². The first-order valence-electron chi connectivity index (χ1n) is 8.37. The minimum Gasteiger partial charge on any atom is -0.354 e. The van der Waals surface area contributed by atoms with E-state index in [4.69, 9.17) is 4.98 Å². The molecule has 0 saturated carbocycles. The number of likely N-dealkylation sites (N-methyl/N-ethyl adjacent to an activating group) is 1. The van der Waals surface area contributed by atoms with Gasteiger partial charge in [0.1, 0.15) is 5.82 Å². The maximum Gasteiger partial charge on any atom is 0.129 e. The molecule has 0 radical (unpaired) electrons. The van der Waals surface area contributed by atoms with Crippen LogP contribution in [0.3, 0.4) is 0 Å². The zero-order valence-corrected chi connectivity index (χ0v) is 14.0. The van der Waals surface area contributed by atoms with Gasteiger partial charge in [-0.1, -0.05) is 20.8 Å². The highest BCUT2D eigenvalue weighted by atomic mass is 15.3. The van der Waals surface area contributed by atoms with Crippen molar-refractivity contribution >= 4 is 5.82 Å². The van der Waals surface area contributed by atoms with E-state index in [2.05, 4.69) is 54.9 Å². The lowest BCUT2D eigenvalue weighted by atomic mass is 10.1. The van der Waals surface area contributed by atoms with Crippen molar-refractivity contribution in [2.45, 2.75) is 46.7 Å². The van der Waals surface area contributed by atoms with Crippen LogP contribution in [0.25, 0.3) is 0 Å². The van der Waals surface area contributed by atoms with E-state index in [1.165, 1.54) is 11.3 Å². The van der Waals surface area contributed by atoms with E-state index in [0.29, 0.717) is 6.04 Å². The molecular formula is C17H30N4. The topological polar surface area (TPSA) is 31.4 Å². The van der Waals surface area contributed by atoms with Crippen molar-refractivity contribution in [2.24, 2.45) is 0 Å². The maximum atomic E-state index is 4.85. The van der Waals surface area contributed by atoms with Crippen LogP contribution in [-0.4, -0.2) is 48.6 Å². The first-order valence-corrected chi connectivity index (χ1v) is 8.37. The monoisotopic (exact) mass is 290 g/mol. The number of rotatable bonds is 6. The standard InChI is InChI=1S/C17H30N4/c1-5-16-10-15(12-18-6-2)11-17(19-16)21-9-8-20(7-3)14(4)13-21/h10-11,14,18H,5-9,12-13H2,1-4H3. The van der Waals surface area contributed by atoms with E-state index in [0.717, 1.165) is 51.5 Å². The summed E-state index contributed by atoms with van der Waals surface area (Å²) < 4.78 is 0. The molecule has 0 aromatic carbocycles. The van der Waals surface area contributed by atoms with Gasteiger partial charge < -0.3 is 10.2 Å². The average molecular weight is 290 g/mol. The van der Waals surface area contributed by atoms with Gasteiger partial charge in [0.2, 0.25) is 0 Å². The zero-order chi connectivity index (χ0) is 15.2. The normalized spacial score (nSPS) is 20.0. The van der Waals surface area contributed by atoms with Crippen LogP contribution in [-0.2, 0) is 13.0 Å². The third-order valence-corrected chi connectivity index (χ3v) is 4.36. The maximum absolute atomic E-state index is 4.85. The molecule has 1 aromatic heterocycles. The van der Waals surface area contributed by atoms with Crippen molar-refractivity contribution in [3.8, 4) is 0 Å². The summed E-state index contributed by atoms with van der Waals surface area (Å²) in [6, 6.07) is 5.10. The van der Waals surface area contributed by atoms with Gasteiger partial charge in [0, 0.05) is 37.9 Å². The highest BCUT2D eigenvalue weighted by Gasteiger charge is 2.23. The van der Waals surface area contributed by atoms with Crippen molar-refractivity contribution in [3.05, 3.63) is 23.4 Å². The zero-order valence-electron chi connectivity index (χ0n) is 14.0. The Morgan fingerprint density at radius 1 is 1.24 bits per heavy atom. The van der Waals surface area contributed by atoms with E-state index in [-0.39, 0.29) is 0 Å². The number of hydrogen-bond acceptors (Lipinski definition) is 4. The summed E-state index contributed by atoms with van der Waals surface area (Å²) in [7, 11) is 0. The fourth-order valence-electron chi connectivity index (χ4n) is 3.02. The summed E-state index contributed by atoms with van der Waals surface area (Å²) in [6.45, 7) is 15.3. The van der Waals surface area contributed by atoms with E-state index >= 15 is 0 Å². The van der Waals surface area contributed by atoms with Crippen LogP contribution in [0.15, 0.2) is 12.1 Å². The van der Waals surface area contributed by atoms with Crippen LogP contribution in [0.4, 0.5) is 5.82 Å². The molecule has 0 bridgehead atoms. The molecule has 1 aromatic rings. The van der Waals surface area contributed by atoms with Crippen molar-refractivity contribution in [1.29, 1.82) is 0 Å². The van der Waals surface area contributed by atoms with Crippen LogP contribution in [0.2, 0.25) is 0 Å². The summed E-state index contributed by atoms with van der Waals surface area (Å²) in [4.78, 5) is 9.84. The number of aryl methyl sites for hydroxylation is 1. The molecule has 0 spiro atoms. The molecular weight excluding hydrogens is 260 g/mol. The highest BCUT2D eigenvalue weighted by Crippen LogP contribution is 2.20. The number of hydrogen-bond donors (Lipinski definition) is 1. The molecule has 1 unspecified atom stereocenters.